The zero-order valence-corrected chi connectivity index (χ0v) is 18.9. The maximum atomic E-state index is 11.8. The summed E-state index contributed by atoms with van der Waals surface area (Å²) in [6.07, 6.45) is 0.140. The van der Waals surface area contributed by atoms with E-state index in [0.29, 0.717) is 21.5 Å². The van der Waals surface area contributed by atoms with Gasteiger partial charge in [0.25, 0.3) is 11.8 Å². The van der Waals surface area contributed by atoms with Crippen molar-refractivity contribution in [2.45, 2.75) is 19.3 Å². The summed E-state index contributed by atoms with van der Waals surface area (Å²) in [5.41, 5.74) is 8.82. The first-order valence-electron chi connectivity index (χ1n) is 9.75. The minimum absolute atomic E-state index is 0.0252. The summed E-state index contributed by atoms with van der Waals surface area (Å²) >= 11 is 11.8. The molecule has 12 heteroatoms. The highest BCUT2D eigenvalue weighted by Crippen LogP contribution is 2.23. The average Bonchev–Trinajstić information content (AvgIpc) is 2.80. The number of halogens is 2. The number of amides is 4. The fourth-order valence-corrected chi connectivity index (χ4v) is 2.68. The van der Waals surface area contributed by atoms with E-state index in [0.717, 1.165) is 0 Å². The minimum Gasteiger partial charge on any atom is -0.482 e. The van der Waals surface area contributed by atoms with Crippen molar-refractivity contribution in [2.75, 3.05) is 13.2 Å². The molecule has 33 heavy (non-hydrogen) atoms. The van der Waals surface area contributed by atoms with Crippen LogP contribution < -0.4 is 31.2 Å². The van der Waals surface area contributed by atoms with Gasteiger partial charge in [-0.25, -0.2) is 0 Å². The quantitative estimate of drug-likeness (QED) is 0.371. The molecule has 4 N–H and O–H groups in total. The number of hydrogen-bond acceptors (Lipinski definition) is 6. The number of ether oxygens (including phenoxy) is 2. The van der Waals surface area contributed by atoms with E-state index in [1.807, 2.05) is 0 Å². The summed E-state index contributed by atoms with van der Waals surface area (Å²) in [5.74, 6) is -1.47. The Bertz CT molecular complexity index is 911. The molecule has 0 bridgehead atoms. The molecule has 2 aromatic rings. The van der Waals surface area contributed by atoms with Crippen molar-refractivity contribution in [1.29, 1.82) is 0 Å². The molecule has 0 aliphatic carbocycles. The van der Waals surface area contributed by atoms with E-state index >= 15 is 0 Å². The number of para-hydroxylation sites is 2. The average molecular weight is 497 g/mol. The Hall–Kier alpha value is -3.50. The lowest BCUT2D eigenvalue weighted by molar-refractivity contribution is -0.131. The predicted molar refractivity (Wildman–Crippen MR) is 120 cm³/mol. The van der Waals surface area contributed by atoms with Gasteiger partial charge in [-0.1, -0.05) is 47.5 Å². The van der Waals surface area contributed by atoms with Crippen LogP contribution >= 0.6 is 23.2 Å². The number of hydrogen-bond donors (Lipinski definition) is 4. The summed E-state index contributed by atoms with van der Waals surface area (Å²) in [7, 11) is 0. The molecule has 0 spiro atoms. The van der Waals surface area contributed by atoms with Gasteiger partial charge in [-0.3, -0.25) is 40.9 Å². The second kappa shape index (κ2) is 13.8. The largest absolute Gasteiger partial charge is 0.482 e. The van der Waals surface area contributed by atoms with E-state index in [1.165, 1.54) is 0 Å². The summed E-state index contributed by atoms with van der Waals surface area (Å²) in [6.45, 7) is -0.682. The molecule has 2 aromatic carbocycles. The lowest BCUT2D eigenvalue weighted by Crippen LogP contribution is -2.44. The molecule has 10 nitrogen and oxygen atoms in total. The summed E-state index contributed by atoms with van der Waals surface area (Å²) in [4.78, 5) is 46.9. The van der Waals surface area contributed by atoms with E-state index in [1.54, 1.807) is 48.5 Å². The Morgan fingerprint density at radius 3 is 1.36 bits per heavy atom. The molecule has 2 rings (SSSR count). The van der Waals surface area contributed by atoms with Crippen LogP contribution in [0, 0.1) is 0 Å². The van der Waals surface area contributed by atoms with Crippen LogP contribution in [0.3, 0.4) is 0 Å². The molecular weight excluding hydrogens is 475 g/mol. The Kier molecular flexibility index (Phi) is 10.8. The van der Waals surface area contributed by atoms with E-state index in [-0.39, 0.29) is 32.5 Å². The van der Waals surface area contributed by atoms with E-state index in [2.05, 4.69) is 21.7 Å². The van der Waals surface area contributed by atoms with Crippen LogP contribution in [0.5, 0.6) is 11.5 Å². The number of nitrogens with one attached hydrogen (secondary N) is 4. The lowest BCUT2D eigenvalue weighted by Gasteiger charge is -2.10. The van der Waals surface area contributed by atoms with Crippen molar-refractivity contribution in [3.63, 3.8) is 0 Å². The molecule has 4 amide bonds. The second-order valence-electron chi connectivity index (χ2n) is 6.48. The van der Waals surface area contributed by atoms with Crippen molar-refractivity contribution in [1.82, 2.24) is 21.7 Å². The number of benzene rings is 2. The molecule has 0 fully saturated rings. The Balaban J connectivity index is 1.53. The van der Waals surface area contributed by atoms with Gasteiger partial charge in [-0.15, -0.1) is 0 Å². The highest BCUT2D eigenvalue weighted by Gasteiger charge is 2.10. The molecule has 0 heterocycles. The number of hydrazine groups is 2. The standard InChI is InChI=1S/C21H22Cl2N4O6/c22-14-6-1-3-8-16(14)32-12-20(30)26-24-18(28)10-5-11-19(29)25-27-21(31)13-33-17-9-4-2-7-15(17)23/h1-4,6-9H,5,10-13H2,(H,24,28)(H,25,29)(H,26,30)(H,27,31). The maximum absolute atomic E-state index is 11.8. The normalized spacial score (nSPS) is 10.0. The number of carbonyl (C=O) groups is 4. The zero-order chi connectivity index (χ0) is 24.1. The highest BCUT2D eigenvalue weighted by atomic mass is 35.5. The second-order valence-corrected chi connectivity index (χ2v) is 7.30. The van der Waals surface area contributed by atoms with Gasteiger partial charge >= 0.3 is 0 Å². The third kappa shape index (κ3) is 10.1. The van der Waals surface area contributed by atoms with Crippen molar-refractivity contribution in [3.8, 4) is 11.5 Å². The third-order valence-corrected chi connectivity index (χ3v) is 4.51. The number of rotatable bonds is 10. The van der Waals surface area contributed by atoms with Crippen LogP contribution in [-0.4, -0.2) is 36.8 Å². The van der Waals surface area contributed by atoms with Crippen LogP contribution in [0.2, 0.25) is 10.0 Å². The molecule has 0 unspecified atom stereocenters. The summed E-state index contributed by atoms with van der Waals surface area (Å²) in [5, 5.41) is 0.717. The lowest BCUT2D eigenvalue weighted by atomic mass is 10.2. The van der Waals surface area contributed by atoms with Crippen LogP contribution in [0.1, 0.15) is 19.3 Å². The minimum atomic E-state index is -0.581. The fourth-order valence-electron chi connectivity index (χ4n) is 2.30. The van der Waals surface area contributed by atoms with Gasteiger partial charge in [0.1, 0.15) is 11.5 Å². The fraction of sp³-hybridized carbons (Fsp3) is 0.238. The van der Waals surface area contributed by atoms with Crippen LogP contribution in [-0.2, 0) is 19.2 Å². The molecule has 0 saturated carbocycles. The third-order valence-electron chi connectivity index (χ3n) is 3.88. The van der Waals surface area contributed by atoms with Crippen molar-refractivity contribution >= 4 is 46.8 Å². The maximum Gasteiger partial charge on any atom is 0.276 e. The van der Waals surface area contributed by atoms with Crippen molar-refractivity contribution in [3.05, 3.63) is 58.6 Å². The van der Waals surface area contributed by atoms with Crippen LogP contribution in [0.4, 0.5) is 0 Å². The predicted octanol–water partition coefficient (Wildman–Crippen LogP) is 1.92. The monoisotopic (exact) mass is 496 g/mol. The Morgan fingerprint density at radius 2 is 0.970 bits per heavy atom. The number of carbonyl (C=O) groups excluding carboxylic acids is 4. The van der Waals surface area contributed by atoms with Gasteiger partial charge < -0.3 is 9.47 Å². The van der Waals surface area contributed by atoms with Gasteiger partial charge in [-0.2, -0.15) is 0 Å². The van der Waals surface area contributed by atoms with Crippen molar-refractivity contribution < 1.29 is 28.7 Å². The van der Waals surface area contributed by atoms with E-state index in [4.69, 9.17) is 32.7 Å². The van der Waals surface area contributed by atoms with Gasteiger partial charge in [0.15, 0.2) is 13.2 Å². The van der Waals surface area contributed by atoms with Gasteiger partial charge in [-0.05, 0) is 30.7 Å². The molecule has 0 saturated heterocycles. The zero-order valence-electron chi connectivity index (χ0n) is 17.4. The first kappa shape index (κ1) is 25.8. The Labute approximate surface area is 199 Å². The molecule has 0 aliphatic heterocycles. The topological polar surface area (TPSA) is 135 Å². The molecule has 0 radical (unpaired) electrons. The Morgan fingerprint density at radius 1 is 0.606 bits per heavy atom. The van der Waals surface area contributed by atoms with Gasteiger partial charge in [0.05, 0.1) is 10.0 Å². The molecule has 176 valence electrons. The first-order valence-corrected chi connectivity index (χ1v) is 10.5. The molecule has 0 aromatic heterocycles. The van der Waals surface area contributed by atoms with Gasteiger partial charge in [0.2, 0.25) is 11.8 Å². The van der Waals surface area contributed by atoms with E-state index in [9.17, 15) is 19.2 Å². The smallest absolute Gasteiger partial charge is 0.276 e. The molecule has 0 aliphatic rings. The van der Waals surface area contributed by atoms with E-state index < -0.39 is 23.6 Å². The molecule has 0 atom stereocenters. The van der Waals surface area contributed by atoms with Gasteiger partial charge in [0, 0.05) is 12.8 Å². The first-order chi connectivity index (χ1) is 15.8. The van der Waals surface area contributed by atoms with Crippen LogP contribution in [0.15, 0.2) is 48.5 Å². The van der Waals surface area contributed by atoms with Crippen LogP contribution in [0.25, 0.3) is 0 Å². The SMILES string of the molecule is O=C(CCCC(=O)NNC(=O)COc1ccccc1Cl)NNC(=O)COc1ccccc1Cl. The summed E-state index contributed by atoms with van der Waals surface area (Å²) < 4.78 is 10.5. The highest BCUT2D eigenvalue weighted by molar-refractivity contribution is 6.32. The summed E-state index contributed by atoms with van der Waals surface area (Å²) in [6, 6.07) is 13.3. The van der Waals surface area contributed by atoms with Crippen molar-refractivity contribution in [2.24, 2.45) is 0 Å². The molecular formula is C21H22Cl2N4O6.